The molecular weight excluding hydrogens is 426 g/mol. The zero-order valence-corrected chi connectivity index (χ0v) is 17.8. The standard InChI is InChI=1S/C23H21N5O3S/c24-19(22(25)29)11-15-2-1-3-17(10-15)16-6-4-14(5-7-16)13-32-23-26-20-9-8-18(28(30)31)12-21(20)27-23/h1-10,12,19H,11,13,24H2,(H2,25,29)(H,26,27). The van der Waals surface area contributed by atoms with Crippen LogP contribution in [0.4, 0.5) is 5.69 Å². The highest BCUT2D eigenvalue weighted by molar-refractivity contribution is 7.98. The highest BCUT2D eigenvalue weighted by atomic mass is 32.2. The molecule has 162 valence electrons. The number of imidazole rings is 1. The summed E-state index contributed by atoms with van der Waals surface area (Å²) in [6, 6.07) is 20.0. The van der Waals surface area contributed by atoms with Gasteiger partial charge in [0.15, 0.2) is 5.16 Å². The average Bonchev–Trinajstić information content (AvgIpc) is 3.20. The Morgan fingerprint density at radius 1 is 1.06 bits per heavy atom. The molecule has 0 saturated carbocycles. The van der Waals surface area contributed by atoms with Crippen LogP contribution in [-0.2, 0) is 17.0 Å². The number of nitro benzene ring substituents is 1. The van der Waals surface area contributed by atoms with Gasteiger partial charge in [0, 0.05) is 17.9 Å². The number of fused-ring (bicyclic) bond motifs is 1. The SMILES string of the molecule is NC(=O)C(N)Cc1cccc(-c2ccc(CSc3nc4ccc([N+](=O)[O-])cc4[nH]3)cc2)c1. The Balaban J connectivity index is 1.43. The van der Waals surface area contributed by atoms with Gasteiger partial charge in [-0.2, -0.15) is 0 Å². The number of thioether (sulfide) groups is 1. The van der Waals surface area contributed by atoms with Crippen LogP contribution in [-0.4, -0.2) is 26.8 Å². The zero-order chi connectivity index (χ0) is 22.7. The van der Waals surface area contributed by atoms with Crippen molar-refractivity contribution in [3.05, 3.63) is 88.0 Å². The number of primary amides is 1. The lowest BCUT2D eigenvalue weighted by atomic mass is 9.99. The second-order valence-corrected chi connectivity index (χ2v) is 8.36. The number of amides is 1. The van der Waals surface area contributed by atoms with Crippen LogP contribution in [0.15, 0.2) is 71.9 Å². The van der Waals surface area contributed by atoms with Gasteiger partial charge in [-0.15, -0.1) is 0 Å². The molecule has 1 amide bonds. The fourth-order valence-electron chi connectivity index (χ4n) is 3.33. The van der Waals surface area contributed by atoms with Gasteiger partial charge in [0.25, 0.3) is 5.69 Å². The van der Waals surface area contributed by atoms with Gasteiger partial charge in [0.1, 0.15) is 0 Å². The van der Waals surface area contributed by atoms with Gasteiger partial charge in [-0.05, 0) is 34.7 Å². The number of nitrogens with one attached hydrogen (secondary N) is 1. The van der Waals surface area contributed by atoms with E-state index in [1.807, 2.05) is 36.4 Å². The smallest absolute Gasteiger partial charge is 0.271 e. The van der Waals surface area contributed by atoms with E-state index < -0.39 is 16.9 Å². The number of non-ortho nitro benzene ring substituents is 1. The highest BCUT2D eigenvalue weighted by Crippen LogP contribution is 2.27. The monoisotopic (exact) mass is 447 g/mol. The minimum atomic E-state index is -0.700. The third-order valence-corrected chi connectivity index (χ3v) is 6.01. The molecule has 8 nitrogen and oxygen atoms in total. The number of rotatable bonds is 8. The van der Waals surface area contributed by atoms with E-state index in [2.05, 4.69) is 22.1 Å². The van der Waals surface area contributed by atoms with Crippen molar-refractivity contribution in [2.24, 2.45) is 11.5 Å². The van der Waals surface area contributed by atoms with E-state index in [0.717, 1.165) is 22.3 Å². The molecule has 0 radical (unpaired) electrons. The molecule has 0 aliphatic heterocycles. The van der Waals surface area contributed by atoms with Crippen molar-refractivity contribution in [1.82, 2.24) is 9.97 Å². The van der Waals surface area contributed by atoms with Crippen LogP contribution in [0.5, 0.6) is 0 Å². The number of hydrogen-bond acceptors (Lipinski definition) is 6. The summed E-state index contributed by atoms with van der Waals surface area (Å²) in [5, 5.41) is 11.6. The Morgan fingerprint density at radius 2 is 1.84 bits per heavy atom. The molecule has 1 heterocycles. The van der Waals surface area contributed by atoms with Crippen molar-refractivity contribution >= 4 is 34.4 Å². The Labute approximate surface area is 188 Å². The van der Waals surface area contributed by atoms with E-state index in [4.69, 9.17) is 11.5 Å². The van der Waals surface area contributed by atoms with Crippen molar-refractivity contribution in [1.29, 1.82) is 0 Å². The number of carbonyl (C=O) groups excluding carboxylic acids is 1. The maximum atomic E-state index is 11.2. The summed E-state index contributed by atoms with van der Waals surface area (Å²) in [5.74, 6) is 0.190. The topological polar surface area (TPSA) is 141 Å². The van der Waals surface area contributed by atoms with Gasteiger partial charge in [0.2, 0.25) is 5.91 Å². The summed E-state index contributed by atoms with van der Waals surface area (Å²) in [6.07, 6.45) is 0.401. The number of aromatic nitrogens is 2. The molecule has 0 bridgehead atoms. The number of H-pyrrole nitrogens is 1. The van der Waals surface area contributed by atoms with Gasteiger partial charge in [0.05, 0.1) is 22.0 Å². The summed E-state index contributed by atoms with van der Waals surface area (Å²) in [6.45, 7) is 0. The number of hydrogen-bond donors (Lipinski definition) is 3. The van der Waals surface area contributed by atoms with Crippen molar-refractivity contribution < 1.29 is 9.72 Å². The number of nitro groups is 1. The van der Waals surface area contributed by atoms with E-state index in [0.29, 0.717) is 28.4 Å². The molecule has 1 aromatic heterocycles. The zero-order valence-electron chi connectivity index (χ0n) is 17.0. The van der Waals surface area contributed by atoms with Crippen LogP contribution in [0.3, 0.4) is 0 Å². The van der Waals surface area contributed by atoms with E-state index in [9.17, 15) is 14.9 Å². The number of aromatic amines is 1. The summed E-state index contributed by atoms with van der Waals surface area (Å²) in [7, 11) is 0. The summed E-state index contributed by atoms with van der Waals surface area (Å²) in [5.41, 5.74) is 16.6. The van der Waals surface area contributed by atoms with Gasteiger partial charge in [-0.1, -0.05) is 60.3 Å². The molecule has 1 atom stereocenters. The molecule has 1 unspecified atom stereocenters. The first-order chi connectivity index (χ1) is 15.4. The third-order valence-electron chi connectivity index (χ3n) is 5.07. The molecule has 0 aliphatic rings. The van der Waals surface area contributed by atoms with E-state index >= 15 is 0 Å². The molecule has 5 N–H and O–H groups in total. The summed E-state index contributed by atoms with van der Waals surface area (Å²) < 4.78 is 0. The lowest BCUT2D eigenvalue weighted by molar-refractivity contribution is -0.384. The Bertz CT molecular complexity index is 1290. The first-order valence-corrected chi connectivity index (χ1v) is 10.9. The maximum Gasteiger partial charge on any atom is 0.271 e. The normalized spacial score (nSPS) is 12.0. The van der Waals surface area contributed by atoms with E-state index in [1.165, 1.54) is 23.9 Å². The molecule has 4 aromatic rings. The molecule has 0 aliphatic carbocycles. The predicted molar refractivity (Wildman–Crippen MR) is 125 cm³/mol. The lowest BCUT2D eigenvalue weighted by Crippen LogP contribution is -2.38. The van der Waals surface area contributed by atoms with Gasteiger partial charge in [-0.25, -0.2) is 4.98 Å². The predicted octanol–water partition coefficient (Wildman–Crippen LogP) is 3.79. The third kappa shape index (κ3) is 4.96. The molecule has 4 rings (SSSR count). The fraction of sp³-hybridized carbons (Fsp3) is 0.130. The van der Waals surface area contributed by atoms with Crippen molar-refractivity contribution in [3.8, 4) is 11.1 Å². The van der Waals surface area contributed by atoms with E-state index in [-0.39, 0.29) is 5.69 Å². The van der Waals surface area contributed by atoms with Crippen molar-refractivity contribution in [3.63, 3.8) is 0 Å². The second-order valence-electron chi connectivity index (χ2n) is 7.40. The number of carbonyl (C=O) groups is 1. The van der Waals surface area contributed by atoms with Crippen LogP contribution in [0.2, 0.25) is 0 Å². The largest absolute Gasteiger partial charge is 0.368 e. The van der Waals surface area contributed by atoms with Crippen molar-refractivity contribution in [2.75, 3.05) is 0 Å². The molecule has 0 fully saturated rings. The molecule has 0 spiro atoms. The first kappa shape index (κ1) is 21.5. The van der Waals surface area contributed by atoms with Gasteiger partial charge in [-0.3, -0.25) is 14.9 Å². The van der Waals surface area contributed by atoms with Crippen LogP contribution >= 0.6 is 11.8 Å². The minimum Gasteiger partial charge on any atom is -0.368 e. The number of nitrogens with two attached hydrogens (primary N) is 2. The molecule has 3 aromatic carbocycles. The molecule has 0 saturated heterocycles. The number of nitrogens with zero attached hydrogens (tertiary/aromatic N) is 2. The van der Waals surface area contributed by atoms with Gasteiger partial charge < -0.3 is 16.5 Å². The highest BCUT2D eigenvalue weighted by Gasteiger charge is 2.12. The van der Waals surface area contributed by atoms with E-state index in [1.54, 1.807) is 6.07 Å². The Hall–Kier alpha value is -3.69. The van der Waals surface area contributed by atoms with Crippen LogP contribution in [0.1, 0.15) is 11.1 Å². The number of benzene rings is 3. The summed E-state index contributed by atoms with van der Waals surface area (Å²) >= 11 is 1.53. The van der Waals surface area contributed by atoms with Gasteiger partial charge >= 0.3 is 0 Å². The van der Waals surface area contributed by atoms with Crippen molar-refractivity contribution in [2.45, 2.75) is 23.4 Å². The maximum absolute atomic E-state index is 11.2. The first-order valence-electron chi connectivity index (χ1n) is 9.89. The summed E-state index contributed by atoms with van der Waals surface area (Å²) in [4.78, 5) is 29.3. The molecule has 32 heavy (non-hydrogen) atoms. The van der Waals surface area contributed by atoms with Crippen LogP contribution in [0, 0.1) is 10.1 Å². The molecular formula is C23H21N5O3S. The lowest BCUT2D eigenvalue weighted by Gasteiger charge is -2.10. The molecule has 9 heteroatoms. The van der Waals surface area contributed by atoms with Crippen LogP contribution < -0.4 is 11.5 Å². The Kier molecular flexibility index (Phi) is 6.20. The van der Waals surface area contributed by atoms with Crippen LogP contribution in [0.25, 0.3) is 22.2 Å². The second kappa shape index (κ2) is 9.21. The average molecular weight is 448 g/mol. The Morgan fingerprint density at radius 3 is 2.56 bits per heavy atom. The fourth-order valence-corrected chi connectivity index (χ4v) is 4.17. The quantitative estimate of drug-likeness (QED) is 0.213. The minimum absolute atomic E-state index is 0.0361.